The van der Waals surface area contributed by atoms with Crippen molar-refractivity contribution in [2.75, 3.05) is 18.7 Å². The summed E-state index contributed by atoms with van der Waals surface area (Å²) in [4.78, 5) is 12.3. The molecule has 1 amide bonds. The summed E-state index contributed by atoms with van der Waals surface area (Å²) in [6.45, 7) is 1.82. The highest BCUT2D eigenvalue weighted by Crippen LogP contribution is 2.32. The van der Waals surface area contributed by atoms with E-state index in [1.807, 2.05) is 13.2 Å². The lowest BCUT2D eigenvalue weighted by Gasteiger charge is -2.13. The Balaban J connectivity index is 2.03. The number of anilines is 1. The number of thioether (sulfide) groups is 2. The fourth-order valence-electron chi connectivity index (χ4n) is 1.54. The van der Waals surface area contributed by atoms with Crippen molar-refractivity contribution >= 4 is 58.1 Å². The van der Waals surface area contributed by atoms with E-state index in [0.29, 0.717) is 16.5 Å². The molecule has 0 aliphatic carbocycles. The molecular weight excluding hydrogens is 362 g/mol. The molecular formula is C13H14ClN3O2S3. The van der Waals surface area contributed by atoms with Crippen molar-refractivity contribution in [1.29, 1.82) is 0 Å². The Morgan fingerprint density at radius 1 is 1.41 bits per heavy atom. The van der Waals surface area contributed by atoms with Crippen LogP contribution in [0.4, 0.5) is 5.69 Å². The maximum absolute atomic E-state index is 12.3. The highest BCUT2D eigenvalue weighted by atomic mass is 35.5. The van der Waals surface area contributed by atoms with E-state index in [-0.39, 0.29) is 11.2 Å². The largest absolute Gasteiger partial charge is 0.495 e. The second-order valence-corrected chi connectivity index (χ2v) is 8.19. The third-order valence-electron chi connectivity index (χ3n) is 2.63. The van der Waals surface area contributed by atoms with Crippen LogP contribution < -0.4 is 10.1 Å². The van der Waals surface area contributed by atoms with Gasteiger partial charge in [-0.3, -0.25) is 4.79 Å². The van der Waals surface area contributed by atoms with Crippen LogP contribution in [0.25, 0.3) is 0 Å². The number of rotatable bonds is 6. The highest BCUT2D eigenvalue weighted by molar-refractivity contribution is 8.03. The number of carbonyl (C=O) groups is 1. The number of halogens is 1. The fourth-order valence-corrected chi connectivity index (χ4v) is 4.30. The van der Waals surface area contributed by atoms with Gasteiger partial charge in [0.05, 0.1) is 18.0 Å². The van der Waals surface area contributed by atoms with Gasteiger partial charge in [0.25, 0.3) is 0 Å². The van der Waals surface area contributed by atoms with Gasteiger partial charge in [-0.2, -0.15) is 0 Å². The molecule has 0 spiro atoms. The van der Waals surface area contributed by atoms with Crippen molar-refractivity contribution in [3.63, 3.8) is 0 Å². The third-order valence-corrected chi connectivity index (χ3v) is 5.95. The molecule has 5 nitrogen and oxygen atoms in total. The van der Waals surface area contributed by atoms with Gasteiger partial charge in [0.1, 0.15) is 5.75 Å². The van der Waals surface area contributed by atoms with E-state index >= 15 is 0 Å². The second kappa shape index (κ2) is 8.05. The molecule has 0 bridgehead atoms. The molecule has 1 N–H and O–H groups in total. The SMILES string of the molecule is COc1ccc(Cl)cc1NC(=O)[C@H](C)Sc1nnc(SC)s1. The Bertz CT molecular complexity index is 666. The maximum atomic E-state index is 12.3. The Morgan fingerprint density at radius 2 is 2.14 bits per heavy atom. The number of benzene rings is 1. The molecule has 1 atom stereocenters. The number of hydrogen-bond donors (Lipinski definition) is 1. The van der Waals surface area contributed by atoms with Crippen molar-refractivity contribution in [2.45, 2.75) is 20.9 Å². The molecule has 0 unspecified atom stereocenters. The summed E-state index contributed by atoms with van der Waals surface area (Å²) >= 11 is 10.3. The molecule has 0 fully saturated rings. The quantitative estimate of drug-likeness (QED) is 0.768. The number of methoxy groups -OCH3 is 1. The second-order valence-electron chi connectivity index (χ2n) is 4.13. The van der Waals surface area contributed by atoms with Gasteiger partial charge in [-0.05, 0) is 31.4 Å². The minimum absolute atomic E-state index is 0.147. The Morgan fingerprint density at radius 3 is 2.77 bits per heavy atom. The average molecular weight is 376 g/mol. The Kier molecular flexibility index (Phi) is 6.37. The van der Waals surface area contributed by atoms with Gasteiger partial charge in [-0.1, -0.05) is 46.5 Å². The molecule has 0 saturated carbocycles. The van der Waals surface area contributed by atoms with E-state index in [1.54, 1.807) is 25.3 Å². The first-order valence-electron chi connectivity index (χ1n) is 6.22. The van der Waals surface area contributed by atoms with Crippen molar-refractivity contribution in [2.24, 2.45) is 0 Å². The predicted octanol–water partition coefficient (Wildman–Crippen LogP) is 4.04. The zero-order valence-corrected chi connectivity index (χ0v) is 15.3. The van der Waals surface area contributed by atoms with Crippen molar-refractivity contribution in [3.05, 3.63) is 23.2 Å². The minimum Gasteiger partial charge on any atom is -0.495 e. The number of carbonyl (C=O) groups excluding carboxylic acids is 1. The number of aromatic nitrogens is 2. The van der Waals surface area contributed by atoms with Gasteiger partial charge in [-0.15, -0.1) is 10.2 Å². The summed E-state index contributed by atoms with van der Waals surface area (Å²) in [6, 6.07) is 5.08. The molecule has 9 heteroatoms. The van der Waals surface area contributed by atoms with E-state index < -0.39 is 0 Å². The number of nitrogens with zero attached hydrogens (tertiary/aromatic N) is 2. The molecule has 22 heavy (non-hydrogen) atoms. The molecule has 2 aromatic rings. The molecule has 0 aliphatic heterocycles. The summed E-state index contributed by atoms with van der Waals surface area (Å²) in [5.41, 5.74) is 0.550. The molecule has 1 heterocycles. The van der Waals surface area contributed by atoms with Gasteiger partial charge >= 0.3 is 0 Å². The Hall–Kier alpha value is -0.960. The Labute approximate surface area is 146 Å². The molecule has 0 aliphatic rings. The first-order chi connectivity index (χ1) is 10.5. The summed E-state index contributed by atoms with van der Waals surface area (Å²) in [5, 5.41) is 11.1. The number of ether oxygens (including phenoxy) is 1. The van der Waals surface area contributed by atoms with Crippen LogP contribution in [-0.4, -0.2) is 34.7 Å². The van der Waals surface area contributed by atoms with Gasteiger partial charge in [0.15, 0.2) is 8.68 Å². The third kappa shape index (κ3) is 4.52. The summed E-state index contributed by atoms with van der Waals surface area (Å²) in [7, 11) is 1.54. The van der Waals surface area contributed by atoms with Crippen LogP contribution in [0, 0.1) is 0 Å². The van der Waals surface area contributed by atoms with Crippen molar-refractivity contribution < 1.29 is 9.53 Å². The lowest BCUT2D eigenvalue weighted by molar-refractivity contribution is -0.115. The monoisotopic (exact) mass is 375 g/mol. The lowest BCUT2D eigenvalue weighted by atomic mass is 10.3. The fraction of sp³-hybridized carbons (Fsp3) is 0.308. The molecule has 1 aromatic heterocycles. The first-order valence-corrected chi connectivity index (χ1v) is 9.52. The lowest BCUT2D eigenvalue weighted by Crippen LogP contribution is -2.22. The van der Waals surface area contributed by atoms with E-state index in [1.165, 1.54) is 34.9 Å². The standard InChI is InChI=1S/C13H14ClN3O2S3/c1-7(21-13-17-16-12(20-3)22-13)11(18)15-9-6-8(14)4-5-10(9)19-2/h4-7H,1-3H3,(H,15,18)/t7-/m0/s1. The van der Waals surface area contributed by atoms with Crippen molar-refractivity contribution in [1.82, 2.24) is 10.2 Å². The smallest absolute Gasteiger partial charge is 0.237 e. The van der Waals surface area contributed by atoms with Crippen molar-refractivity contribution in [3.8, 4) is 5.75 Å². The summed E-state index contributed by atoms with van der Waals surface area (Å²) in [5.74, 6) is 0.419. The van der Waals surface area contributed by atoms with Crippen LogP contribution >= 0.6 is 46.5 Å². The molecule has 0 saturated heterocycles. The molecule has 0 radical (unpaired) electrons. The average Bonchev–Trinajstić information content (AvgIpc) is 2.95. The van der Waals surface area contributed by atoms with Gasteiger partial charge < -0.3 is 10.1 Å². The van der Waals surface area contributed by atoms with Crippen LogP contribution in [0.15, 0.2) is 26.9 Å². The van der Waals surface area contributed by atoms with Gasteiger partial charge in [0, 0.05) is 5.02 Å². The zero-order chi connectivity index (χ0) is 16.1. The van der Waals surface area contributed by atoms with E-state index in [2.05, 4.69) is 15.5 Å². The topological polar surface area (TPSA) is 64.1 Å². The summed E-state index contributed by atoms with van der Waals surface area (Å²) < 4.78 is 6.86. The van der Waals surface area contributed by atoms with Crippen LogP contribution in [0.5, 0.6) is 5.75 Å². The van der Waals surface area contributed by atoms with E-state index in [4.69, 9.17) is 16.3 Å². The summed E-state index contributed by atoms with van der Waals surface area (Å²) in [6.07, 6.45) is 1.94. The number of hydrogen-bond acceptors (Lipinski definition) is 7. The van der Waals surface area contributed by atoms with E-state index in [9.17, 15) is 4.79 Å². The zero-order valence-electron chi connectivity index (χ0n) is 12.1. The van der Waals surface area contributed by atoms with Crippen LogP contribution in [-0.2, 0) is 4.79 Å². The van der Waals surface area contributed by atoms with Crippen LogP contribution in [0.3, 0.4) is 0 Å². The minimum atomic E-state index is -0.314. The predicted molar refractivity (Wildman–Crippen MR) is 93.6 cm³/mol. The molecule has 118 valence electrons. The number of amides is 1. The number of nitrogens with one attached hydrogen (secondary N) is 1. The highest BCUT2D eigenvalue weighted by Gasteiger charge is 2.18. The maximum Gasteiger partial charge on any atom is 0.237 e. The van der Waals surface area contributed by atoms with Crippen LogP contribution in [0.1, 0.15) is 6.92 Å². The van der Waals surface area contributed by atoms with Crippen LogP contribution in [0.2, 0.25) is 5.02 Å². The molecule has 1 aromatic carbocycles. The van der Waals surface area contributed by atoms with E-state index in [0.717, 1.165) is 8.68 Å². The van der Waals surface area contributed by atoms with Gasteiger partial charge in [0.2, 0.25) is 5.91 Å². The normalized spacial score (nSPS) is 12.0. The van der Waals surface area contributed by atoms with Gasteiger partial charge in [-0.25, -0.2) is 0 Å². The molecule has 2 rings (SSSR count). The first kappa shape index (κ1) is 17.4.